The molecule has 0 saturated carbocycles. The molecule has 2 N–H and O–H groups in total. The van der Waals surface area contributed by atoms with Crippen LogP contribution in [0.1, 0.15) is 35.7 Å². The zero-order valence-electron chi connectivity index (χ0n) is 11.0. The predicted molar refractivity (Wildman–Crippen MR) is 73.4 cm³/mol. The molecular formula is C15H14N2O3. The van der Waals surface area contributed by atoms with Crippen LogP contribution in [0, 0.1) is 17.2 Å². The summed E-state index contributed by atoms with van der Waals surface area (Å²) in [5.74, 6) is -1.30. The van der Waals surface area contributed by atoms with E-state index >= 15 is 0 Å². The number of aliphatic carboxylic acids is 1. The van der Waals surface area contributed by atoms with Crippen molar-refractivity contribution in [2.45, 2.75) is 19.8 Å². The van der Waals surface area contributed by atoms with Gasteiger partial charge in [0, 0.05) is 35.5 Å². The van der Waals surface area contributed by atoms with Gasteiger partial charge in [0.25, 0.3) is 0 Å². The Morgan fingerprint density at radius 3 is 2.80 bits per heavy atom. The van der Waals surface area contributed by atoms with Crippen LogP contribution in [0.5, 0.6) is 0 Å². The fourth-order valence-electron chi connectivity index (χ4n) is 2.29. The van der Waals surface area contributed by atoms with Gasteiger partial charge in [-0.2, -0.15) is 5.26 Å². The number of carboxylic acid groups (broad SMARTS) is 1. The zero-order valence-corrected chi connectivity index (χ0v) is 11.0. The lowest BCUT2D eigenvalue weighted by atomic mass is 9.96. The van der Waals surface area contributed by atoms with E-state index in [0.717, 1.165) is 5.52 Å². The fourth-order valence-corrected chi connectivity index (χ4v) is 2.29. The number of carbonyl (C=O) groups is 2. The number of benzene rings is 1. The van der Waals surface area contributed by atoms with E-state index in [-0.39, 0.29) is 24.5 Å². The number of aromatic amines is 1. The molecule has 20 heavy (non-hydrogen) atoms. The minimum absolute atomic E-state index is 0.0425. The number of nitrogens with one attached hydrogen (secondary N) is 1. The molecule has 0 aliphatic rings. The van der Waals surface area contributed by atoms with E-state index in [4.69, 9.17) is 10.4 Å². The van der Waals surface area contributed by atoms with Crippen LogP contribution in [0.4, 0.5) is 0 Å². The average molecular weight is 270 g/mol. The Hall–Kier alpha value is -2.61. The largest absolute Gasteiger partial charge is 0.481 e. The molecular weight excluding hydrogens is 256 g/mol. The maximum atomic E-state index is 12.3. The monoisotopic (exact) mass is 270 g/mol. The zero-order chi connectivity index (χ0) is 14.7. The van der Waals surface area contributed by atoms with E-state index in [0.29, 0.717) is 16.5 Å². The lowest BCUT2D eigenvalue weighted by Gasteiger charge is -2.07. The number of nitriles is 1. The molecule has 1 heterocycles. The number of ketones is 1. The highest BCUT2D eigenvalue weighted by Crippen LogP contribution is 2.24. The van der Waals surface area contributed by atoms with Gasteiger partial charge < -0.3 is 10.1 Å². The second-order valence-electron chi connectivity index (χ2n) is 4.87. The number of hydrogen-bond acceptors (Lipinski definition) is 3. The maximum absolute atomic E-state index is 12.3. The Morgan fingerprint density at radius 2 is 2.15 bits per heavy atom. The second kappa shape index (κ2) is 5.57. The number of fused-ring (bicyclic) bond motifs is 1. The van der Waals surface area contributed by atoms with Crippen molar-refractivity contribution in [3.8, 4) is 6.07 Å². The molecule has 0 bridgehead atoms. The Kier molecular flexibility index (Phi) is 3.85. The fraction of sp³-hybridized carbons (Fsp3) is 0.267. The minimum Gasteiger partial charge on any atom is -0.481 e. The van der Waals surface area contributed by atoms with Gasteiger partial charge in [0.05, 0.1) is 11.6 Å². The van der Waals surface area contributed by atoms with Crippen LogP contribution >= 0.6 is 0 Å². The molecule has 0 amide bonds. The minimum atomic E-state index is -0.915. The third-order valence-corrected chi connectivity index (χ3v) is 3.18. The summed E-state index contributed by atoms with van der Waals surface area (Å²) in [6.45, 7) is 1.73. The van der Waals surface area contributed by atoms with Gasteiger partial charge in [0.15, 0.2) is 5.78 Å². The molecule has 1 unspecified atom stereocenters. The van der Waals surface area contributed by atoms with E-state index in [1.165, 1.54) is 0 Å². The van der Waals surface area contributed by atoms with Gasteiger partial charge in [-0.05, 0) is 18.1 Å². The lowest BCUT2D eigenvalue weighted by Crippen LogP contribution is -2.10. The predicted octanol–water partition coefficient (Wildman–Crippen LogP) is 2.72. The quantitative estimate of drug-likeness (QED) is 0.817. The number of rotatable bonds is 5. The molecule has 102 valence electrons. The van der Waals surface area contributed by atoms with Crippen molar-refractivity contribution in [3.63, 3.8) is 0 Å². The highest BCUT2D eigenvalue weighted by Gasteiger charge is 2.18. The number of aromatic nitrogens is 1. The van der Waals surface area contributed by atoms with Crippen LogP contribution in [-0.2, 0) is 4.79 Å². The molecule has 1 aromatic heterocycles. The topological polar surface area (TPSA) is 93.9 Å². The summed E-state index contributed by atoms with van der Waals surface area (Å²) in [4.78, 5) is 25.9. The van der Waals surface area contributed by atoms with Gasteiger partial charge in [-0.15, -0.1) is 0 Å². The van der Waals surface area contributed by atoms with Crippen molar-refractivity contribution in [1.82, 2.24) is 4.98 Å². The standard InChI is InChI=1S/C15H14N2O3/c1-9(6-14(19)20)5-13(18)11-8-17-12-4-2-3-10(7-16)15(11)12/h2-4,8-9,17H,5-6H2,1H3,(H,19,20). The van der Waals surface area contributed by atoms with Crippen LogP contribution in [0.2, 0.25) is 0 Å². The molecule has 0 fully saturated rings. The smallest absolute Gasteiger partial charge is 0.303 e. The van der Waals surface area contributed by atoms with Crippen molar-refractivity contribution in [2.24, 2.45) is 5.92 Å². The third-order valence-electron chi connectivity index (χ3n) is 3.18. The Labute approximate surface area is 115 Å². The maximum Gasteiger partial charge on any atom is 0.303 e. The van der Waals surface area contributed by atoms with E-state index in [2.05, 4.69) is 11.1 Å². The molecule has 0 saturated heterocycles. The van der Waals surface area contributed by atoms with Crippen LogP contribution in [-0.4, -0.2) is 21.8 Å². The SMILES string of the molecule is CC(CC(=O)O)CC(=O)c1c[nH]c2cccc(C#N)c12. The number of carboxylic acids is 1. The summed E-state index contributed by atoms with van der Waals surface area (Å²) in [5.41, 5.74) is 1.63. The Bertz CT molecular complexity index is 709. The molecule has 5 heteroatoms. The van der Waals surface area contributed by atoms with Gasteiger partial charge in [0.2, 0.25) is 0 Å². The number of nitrogens with zero attached hydrogens (tertiary/aromatic N) is 1. The van der Waals surface area contributed by atoms with Gasteiger partial charge in [-0.3, -0.25) is 9.59 Å². The van der Waals surface area contributed by atoms with Crippen LogP contribution in [0.25, 0.3) is 10.9 Å². The first-order valence-electron chi connectivity index (χ1n) is 6.28. The number of hydrogen-bond donors (Lipinski definition) is 2. The lowest BCUT2D eigenvalue weighted by molar-refractivity contribution is -0.137. The number of H-pyrrole nitrogens is 1. The van der Waals surface area contributed by atoms with Gasteiger partial charge >= 0.3 is 5.97 Å². The molecule has 0 radical (unpaired) electrons. The van der Waals surface area contributed by atoms with E-state index in [9.17, 15) is 9.59 Å². The third kappa shape index (κ3) is 2.69. The average Bonchev–Trinajstić information content (AvgIpc) is 2.81. The summed E-state index contributed by atoms with van der Waals surface area (Å²) < 4.78 is 0. The van der Waals surface area contributed by atoms with E-state index in [1.807, 2.05) is 0 Å². The summed E-state index contributed by atoms with van der Waals surface area (Å²) in [5, 5.41) is 18.4. The molecule has 2 aromatic rings. The highest BCUT2D eigenvalue weighted by atomic mass is 16.4. The Balaban J connectivity index is 2.32. The summed E-state index contributed by atoms with van der Waals surface area (Å²) >= 11 is 0. The van der Waals surface area contributed by atoms with Gasteiger partial charge in [-0.25, -0.2) is 0 Å². The van der Waals surface area contributed by atoms with Crippen molar-refractivity contribution < 1.29 is 14.7 Å². The van der Waals surface area contributed by atoms with Crippen molar-refractivity contribution in [3.05, 3.63) is 35.5 Å². The van der Waals surface area contributed by atoms with Gasteiger partial charge in [0.1, 0.15) is 0 Å². The molecule has 0 spiro atoms. The summed E-state index contributed by atoms with van der Waals surface area (Å²) in [6.07, 6.45) is 1.69. The second-order valence-corrected chi connectivity index (χ2v) is 4.87. The number of carbonyl (C=O) groups excluding carboxylic acids is 1. The molecule has 0 aliphatic heterocycles. The highest BCUT2D eigenvalue weighted by molar-refractivity contribution is 6.09. The first kappa shape index (κ1) is 13.8. The van der Waals surface area contributed by atoms with Crippen molar-refractivity contribution in [2.75, 3.05) is 0 Å². The van der Waals surface area contributed by atoms with Crippen LogP contribution in [0.3, 0.4) is 0 Å². The molecule has 1 atom stereocenters. The summed E-state index contributed by atoms with van der Waals surface area (Å²) in [7, 11) is 0. The Morgan fingerprint density at radius 1 is 1.40 bits per heavy atom. The van der Waals surface area contributed by atoms with E-state index in [1.54, 1.807) is 31.3 Å². The normalized spacial score (nSPS) is 12.0. The molecule has 1 aromatic carbocycles. The molecule has 0 aliphatic carbocycles. The summed E-state index contributed by atoms with van der Waals surface area (Å²) in [6, 6.07) is 7.28. The first-order chi connectivity index (χ1) is 9.52. The van der Waals surface area contributed by atoms with Crippen LogP contribution in [0.15, 0.2) is 24.4 Å². The van der Waals surface area contributed by atoms with Crippen LogP contribution < -0.4 is 0 Å². The van der Waals surface area contributed by atoms with E-state index < -0.39 is 5.97 Å². The number of Topliss-reactive ketones (excluding diaryl/α,β-unsaturated/α-hetero) is 1. The molecule has 2 rings (SSSR count). The van der Waals surface area contributed by atoms with Gasteiger partial charge in [-0.1, -0.05) is 13.0 Å². The molecule has 5 nitrogen and oxygen atoms in total. The van der Waals surface area contributed by atoms with Crippen molar-refractivity contribution >= 4 is 22.7 Å². The first-order valence-corrected chi connectivity index (χ1v) is 6.28. The van der Waals surface area contributed by atoms with Crippen molar-refractivity contribution in [1.29, 1.82) is 5.26 Å².